The minimum atomic E-state index is -0.824. The maximum Gasteiger partial charge on any atom is 0.335 e. The lowest BCUT2D eigenvalue weighted by Gasteiger charge is -2.26. The minimum absolute atomic E-state index is 0.192. The standard InChI is InChI=1S/C32H25BrN2O5/c1-21-6-5-9-23(16-21)20-40-29-15-10-25(33)17-24(29)18-28-30(36)34-32(38)35(31(28)37)26-11-13-27(14-12-26)39-19-22-7-3-2-4-8-22/h2-18H,19-20H2,1H3,(H,34,36,38)/b28-18+. The number of aryl methyl sites for hydroxylation is 1. The van der Waals surface area contributed by atoms with Gasteiger partial charge in [0, 0.05) is 10.0 Å². The molecule has 0 aliphatic carbocycles. The number of urea groups is 1. The number of rotatable bonds is 8. The second kappa shape index (κ2) is 12.0. The SMILES string of the molecule is Cc1cccc(COc2ccc(Br)cc2/C=C2\C(=O)NC(=O)N(c3ccc(OCc4ccccc4)cc3)C2=O)c1. The van der Waals surface area contributed by atoms with E-state index in [1.807, 2.05) is 67.6 Å². The van der Waals surface area contributed by atoms with Crippen LogP contribution >= 0.6 is 15.9 Å². The van der Waals surface area contributed by atoms with E-state index in [-0.39, 0.29) is 5.57 Å². The number of hydrogen-bond acceptors (Lipinski definition) is 5. The van der Waals surface area contributed by atoms with Crippen molar-refractivity contribution in [3.8, 4) is 11.5 Å². The molecule has 200 valence electrons. The van der Waals surface area contributed by atoms with Crippen LogP contribution in [0.1, 0.15) is 22.3 Å². The van der Waals surface area contributed by atoms with Gasteiger partial charge in [0.1, 0.15) is 30.3 Å². The van der Waals surface area contributed by atoms with E-state index in [0.717, 1.165) is 26.1 Å². The van der Waals surface area contributed by atoms with Gasteiger partial charge in [0.2, 0.25) is 0 Å². The van der Waals surface area contributed by atoms with Crippen LogP contribution in [0.3, 0.4) is 0 Å². The molecular weight excluding hydrogens is 572 g/mol. The largest absolute Gasteiger partial charge is 0.489 e. The number of carbonyl (C=O) groups is 3. The maximum atomic E-state index is 13.5. The van der Waals surface area contributed by atoms with E-state index in [2.05, 4.69) is 21.2 Å². The number of barbiturate groups is 1. The van der Waals surface area contributed by atoms with E-state index in [1.165, 1.54) is 6.08 Å². The van der Waals surface area contributed by atoms with Crippen molar-refractivity contribution in [1.29, 1.82) is 0 Å². The molecular formula is C32H25BrN2O5. The van der Waals surface area contributed by atoms with Crippen LogP contribution in [-0.4, -0.2) is 17.8 Å². The van der Waals surface area contributed by atoms with Crippen molar-refractivity contribution in [2.75, 3.05) is 4.90 Å². The van der Waals surface area contributed by atoms with Crippen LogP contribution in [0.25, 0.3) is 6.08 Å². The molecule has 1 saturated heterocycles. The average molecular weight is 597 g/mol. The molecule has 4 aromatic carbocycles. The summed E-state index contributed by atoms with van der Waals surface area (Å²) >= 11 is 3.44. The number of hydrogen-bond donors (Lipinski definition) is 1. The first-order chi connectivity index (χ1) is 19.4. The van der Waals surface area contributed by atoms with Crippen LogP contribution in [0.5, 0.6) is 11.5 Å². The zero-order valence-electron chi connectivity index (χ0n) is 21.6. The summed E-state index contributed by atoms with van der Waals surface area (Å²) in [6.45, 7) is 2.69. The molecule has 4 amide bonds. The van der Waals surface area contributed by atoms with E-state index in [9.17, 15) is 14.4 Å². The summed E-state index contributed by atoms with van der Waals surface area (Å²) in [4.78, 5) is 39.8. The van der Waals surface area contributed by atoms with Crippen LogP contribution in [0, 0.1) is 6.92 Å². The number of ether oxygens (including phenoxy) is 2. The highest BCUT2D eigenvalue weighted by Gasteiger charge is 2.37. The van der Waals surface area contributed by atoms with Gasteiger partial charge in [-0.1, -0.05) is 76.1 Å². The number of benzene rings is 4. The highest BCUT2D eigenvalue weighted by atomic mass is 79.9. The molecule has 0 bridgehead atoms. The highest BCUT2D eigenvalue weighted by Crippen LogP contribution is 2.29. The first kappa shape index (κ1) is 26.9. The highest BCUT2D eigenvalue weighted by molar-refractivity contribution is 9.10. The number of carbonyl (C=O) groups excluding carboxylic acids is 3. The van der Waals surface area contributed by atoms with E-state index < -0.39 is 17.8 Å². The van der Waals surface area contributed by atoms with Gasteiger partial charge in [-0.05, 0) is 66.6 Å². The van der Waals surface area contributed by atoms with Crippen molar-refractivity contribution in [1.82, 2.24) is 5.32 Å². The molecule has 8 heteroatoms. The molecule has 7 nitrogen and oxygen atoms in total. The summed E-state index contributed by atoms with van der Waals surface area (Å²) < 4.78 is 12.6. The van der Waals surface area contributed by atoms with Crippen LogP contribution in [0.2, 0.25) is 0 Å². The normalized spacial score (nSPS) is 14.3. The first-order valence-corrected chi connectivity index (χ1v) is 13.3. The van der Waals surface area contributed by atoms with Crippen LogP contribution in [0.4, 0.5) is 10.5 Å². The minimum Gasteiger partial charge on any atom is -0.489 e. The Hall–Kier alpha value is -4.69. The molecule has 1 aliphatic rings. The van der Waals surface area contributed by atoms with Gasteiger partial charge in [0.25, 0.3) is 11.8 Å². The average Bonchev–Trinajstić information content (AvgIpc) is 2.95. The van der Waals surface area contributed by atoms with E-state index >= 15 is 0 Å². The summed E-state index contributed by atoms with van der Waals surface area (Å²) in [5, 5.41) is 2.26. The Bertz CT molecular complexity index is 1600. The predicted molar refractivity (Wildman–Crippen MR) is 156 cm³/mol. The number of amides is 4. The van der Waals surface area contributed by atoms with Gasteiger partial charge >= 0.3 is 6.03 Å². The molecule has 40 heavy (non-hydrogen) atoms. The number of nitrogens with zero attached hydrogens (tertiary/aromatic N) is 1. The molecule has 0 atom stereocenters. The van der Waals surface area contributed by atoms with Crippen molar-refractivity contribution in [3.63, 3.8) is 0 Å². The lowest BCUT2D eigenvalue weighted by atomic mass is 10.1. The molecule has 0 saturated carbocycles. The third-order valence-corrected chi connectivity index (χ3v) is 6.69. The number of anilines is 1. The van der Waals surface area contributed by atoms with E-state index in [0.29, 0.717) is 36.0 Å². The molecule has 0 unspecified atom stereocenters. The third-order valence-electron chi connectivity index (χ3n) is 6.19. The molecule has 4 aromatic rings. The molecule has 1 heterocycles. The Morgan fingerprint density at radius 3 is 2.27 bits per heavy atom. The monoisotopic (exact) mass is 596 g/mol. The molecule has 5 rings (SSSR count). The number of nitrogens with one attached hydrogen (secondary N) is 1. The third kappa shape index (κ3) is 6.30. The van der Waals surface area contributed by atoms with E-state index in [1.54, 1.807) is 36.4 Å². The van der Waals surface area contributed by atoms with Crippen molar-refractivity contribution in [3.05, 3.63) is 129 Å². The predicted octanol–water partition coefficient (Wildman–Crippen LogP) is 6.58. The van der Waals surface area contributed by atoms with Gasteiger partial charge in [0.15, 0.2) is 0 Å². The van der Waals surface area contributed by atoms with Crippen LogP contribution in [-0.2, 0) is 22.8 Å². The maximum absolute atomic E-state index is 13.5. The Morgan fingerprint density at radius 2 is 1.52 bits per heavy atom. The zero-order valence-corrected chi connectivity index (χ0v) is 23.2. The van der Waals surface area contributed by atoms with Gasteiger partial charge in [-0.2, -0.15) is 0 Å². The lowest BCUT2D eigenvalue weighted by Crippen LogP contribution is -2.54. The van der Waals surface area contributed by atoms with Gasteiger partial charge in [-0.25, -0.2) is 9.69 Å². The fraction of sp³-hybridized carbons (Fsp3) is 0.0938. The summed E-state index contributed by atoms with van der Waals surface area (Å²) in [6, 6.07) is 28.7. The van der Waals surface area contributed by atoms with Gasteiger partial charge in [-0.3, -0.25) is 14.9 Å². The molecule has 1 N–H and O–H groups in total. The summed E-state index contributed by atoms with van der Waals surface area (Å²) in [5.74, 6) is -0.454. The van der Waals surface area contributed by atoms with Crippen molar-refractivity contribution < 1.29 is 23.9 Å². The Balaban J connectivity index is 1.37. The van der Waals surface area contributed by atoms with Crippen LogP contribution < -0.4 is 19.7 Å². The smallest absolute Gasteiger partial charge is 0.335 e. The summed E-state index contributed by atoms with van der Waals surface area (Å²) in [6.07, 6.45) is 1.44. The summed E-state index contributed by atoms with van der Waals surface area (Å²) in [5.41, 5.74) is 3.74. The Morgan fingerprint density at radius 1 is 0.800 bits per heavy atom. The fourth-order valence-corrected chi connectivity index (χ4v) is 4.59. The zero-order chi connectivity index (χ0) is 28.1. The van der Waals surface area contributed by atoms with Gasteiger partial charge in [-0.15, -0.1) is 0 Å². The molecule has 0 radical (unpaired) electrons. The summed E-state index contributed by atoms with van der Waals surface area (Å²) in [7, 11) is 0. The second-order valence-corrected chi connectivity index (χ2v) is 10.1. The number of imide groups is 2. The van der Waals surface area contributed by atoms with Crippen molar-refractivity contribution >= 4 is 45.5 Å². The van der Waals surface area contributed by atoms with Gasteiger partial charge in [0.05, 0.1) is 5.69 Å². The second-order valence-electron chi connectivity index (χ2n) is 9.19. The van der Waals surface area contributed by atoms with E-state index in [4.69, 9.17) is 9.47 Å². The quantitative estimate of drug-likeness (QED) is 0.183. The first-order valence-electron chi connectivity index (χ1n) is 12.5. The lowest BCUT2D eigenvalue weighted by molar-refractivity contribution is -0.122. The van der Waals surface area contributed by atoms with Crippen LogP contribution in [0.15, 0.2) is 107 Å². The molecule has 0 spiro atoms. The fourth-order valence-electron chi connectivity index (χ4n) is 4.21. The molecule has 0 aromatic heterocycles. The molecule has 1 aliphatic heterocycles. The number of halogens is 1. The topological polar surface area (TPSA) is 84.9 Å². The Kier molecular flexibility index (Phi) is 8.07. The van der Waals surface area contributed by atoms with Crippen molar-refractivity contribution in [2.45, 2.75) is 20.1 Å². The van der Waals surface area contributed by atoms with Crippen molar-refractivity contribution in [2.24, 2.45) is 0 Å². The molecule has 1 fully saturated rings. The Labute approximate surface area is 240 Å². The van der Waals surface area contributed by atoms with Gasteiger partial charge < -0.3 is 9.47 Å².